The highest BCUT2D eigenvalue weighted by atomic mass is 79.9. The molecule has 2 rings (SSSR count). The molecule has 1 aromatic heterocycles. The zero-order valence-corrected chi connectivity index (χ0v) is 11.8. The highest BCUT2D eigenvalue weighted by Crippen LogP contribution is 2.32. The maximum atomic E-state index is 6.04. The Labute approximate surface area is 117 Å². The van der Waals surface area contributed by atoms with E-state index < -0.39 is 0 Å². The molecule has 1 heterocycles. The van der Waals surface area contributed by atoms with Gasteiger partial charge in [0, 0.05) is 10.0 Å². The van der Waals surface area contributed by atoms with Crippen LogP contribution in [0.3, 0.4) is 0 Å². The zero-order chi connectivity index (χ0) is 12.4. The molecular formula is C11H7BrCl2N2O. The van der Waals surface area contributed by atoms with Crippen molar-refractivity contribution in [2.75, 3.05) is 0 Å². The van der Waals surface area contributed by atoms with Crippen LogP contribution in [0, 0.1) is 6.92 Å². The van der Waals surface area contributed by atoms with Crippen molar-refractivity contribution in [2.24, 2.45) is 0 Å². The van der Waals surface area contributed by atoms with Gasteiger partial charge in [0.2, 0.25) is 5.88 Å². The van der Waals surface area contributed by atoms with Gasteiger partial charge in [-0.3, -0.25) is 0 Å². The lowest BCUT2D eigenvalue weighted by molar-refractivity contribution is 0.457. The SMILES string of the molecule is Cc1c(Cl)ncnc1Oc1ccc(Br)cc1Cl. The minimum absolute atomic E-state index is 0.364. The van der Waals surface area contributed by atoms with Crippen molar-refractivity contribution >= 4 is 39.1 Å². The lowest BCUT2D eigenvalue weighted by atomic mass is 10.3. The van der Waals surface area contributed by atoms with Gasteiger partial charge < -0.3 is 4.74 Å². The van der Waals surface area contributed by atoms with Crippen LogP contribution in [0.15, 0.2) is 29.0 Å². The van der Waals surface area contributed by atoms with Crippen LogP contribution < -0.4 is 4.74 Å². The second-order valence-electron chi connectivity index (χ2n) is 3.27. The summed E-state index contributed by atoms with van der Waals surface area (Å²) in [6, 6.07) is 5.33. The Hall–Kier alpha value is -0.840. The number of rotatable bonds is 2. The van der Waals surface area contributed by atoms with Gasteiger partial charge >= 0.3 is 0 Å². The van der Waals surface area contributed by atoms with Gasteiger partial charge in [-0.15, -0.1) is 0 Å². The highest BCUT2D eigenvalue weighted by Gasteiger charge is 2.09. The van der Waals surface area contributed by atoms with Gasteiger partial charge in [-0.1, -0.05) is 39.1 Å². The van der Waals surface area contributed by atoms with Gasteiger partial charge in [0.1, 0.15) is 17.2 Å². The van der Waals surface area contributed by atoms with Crippen molar-refractivity contribution < 1.29 is 4.74 Å². The van der Waals surface area contributed by atoms with Crippen LogP contribution in [-0.2, 0) is 0 Å². The molecule has 0 radical (unpaired) electrons. The molecule has 0 N–H and O–H groups in total. The number of halogens is 3. The second kappa shape index (κ2) is 5.21. The summed E-state index contributed by atoms with van der Waals surface area (Å²) in [5.41, 5.74) is 0.674. The number of hydrogen-bond donors (Lipinski definition) is 0. The molecular weight excluding hydrogens is 327 g/mol. The Morgan fingerprint density at radius 3 is 2.71 bits per heavy atom. The van der Waals surface area contributed by atoms with Gasteiger partial charge in [-0.25, -0.2) is 9.97 Å². The van der Waals surface area contributed by atoms with E-state index in [1.165, 1.54) is 6.33 Å². The molecule has 1 aromatic carbocycles. The van der Waals surface area contributed by atoms with E-state index in [1.54, 1.807) is 19.1 Å². The minimum Gasteiger partial charge on any atom is -0.437 e. The summed E-state index contributed by atoms with van der Waals surface area (Å²) in [5.74, 6) is 0.918. The first-order valence-corrected chi connectivity index (χ1v) is 6.23. The molecule has 0 saturated heterocycles. The number of hydrogen-bond acceptors (Lipinski definition) is 3. The van der Waals surface area contributed by atoms with E-state index in [0.717, 1.165) is 4.47 Å². The molecule has 88 valence electrons. The molecule has 0 spiro atoms. The normalized spacial score (nSPS) is 10.4. The fourth-order valence-corrected chi connectivity index (χ4v) is 2.02. The zero-order valence-electron chi connectivity index (χ0n) is 8.75. The quantitative estimate of drug-likeness (QED) is 0.750. The molecule has 0 aliphatic rings. The Kier molecular flexibility index (Phi) is 3.86. The summed E-state index contributed by atoms with van der Waals surface area (Å²) in [6.45, 7) is 1.78. The van der Waals surface area contributed by atoms with Gasteiger partial charge in [0.25, 0.3) is 0 Å². The van der Waals surface area contributed by atoms with E-state index in [0.29, 0.717) is 27.4 Å². The predicted molar refractivity (Wildman–Crippen MR) is 71.0 cm³/mol. The predicted octanol–water partition coefficient (Wildman–Crippen LogP) is 4.65. The highest BCUT2D eigenvalue weighted by molar-refractivity contribution is 9.10. The maximum absolute atomic E-state index is 6.04. The smallest absolute Gasteiger partial charge is 0.226 e. The number of nitrogens with zero attached hydrogens (tertiary/aromatic N) is 2. The summed E-state index contributed by atoms with van der Waals surface area (Å²) in [4.78, 5) is 7.86. The van der Waals surface area contributed by atoms with Crippen LogP contribution in [0.2, 0.25) is 10.2 Å². The fourth-order valence-electron chi connectivity index (χ4n) is 1.18. The van der Waals surface area contributed by atoms with E-state index in [-0.39, 0.29) is 0 Å². The van der Waals surface area contributed by atoms with Crippen LogP contribution in [0.4, 0.5) is 0 Å². The van der Waals surface area contributed by atoms with Gasteiger partial charge in [-0.2, -0.15) is 0 Å². The molecule has 0 amide bonds. The Morgan fingerprint density at radius 2 is 2.00 bits per heavy atom. The molecule has 2 aromatic rings. The first kappa shape index (κ1) is 12.6. The Morgan fingerprint density at radius 1 is 1.24 bits per heavy atom. The molecule has 0 fully saturated rings. The van der Waals surface area contributed by atoms with Crippen molar-refractivity contribution in [3.05, 3.63) is 44.7 Å². The first-order chi connectivity index (χ1) is 8.08. The molecule has 0 aliphatic carbocycles. The summed E-state index contributed by atoms with van der Waals surface area (Å²) in [5, 5.41) is 0.858. The third kappa shape index (κ3) is 2.89. The lowest BCUT2D eigenvalue weighted by Crippen LogP contribution is -1.94. The van der Waals surface area contributed by atoms with E-state index in [9.17, 15) is 0 Å². The van der Waals surface area contributed by atoms with E-state index >= 15 is 0 Å². The molecule has 0 bridgehead atoms. The molecule has 0 unspecified atom stereocenters. The monoisotopic (exact) mass is 332 g/mol. The summed E-state index contributed by atoms with van der Waals surface area (Å²) < 4.78 is 6.47. The second-order valence-corrected chi connectivity index (χ2v) is 4.95. The topological polar surface area (TPSA) is 35.0 Å². The van der Waals surface area contributed by atoms with Gasteiger partial charge in [-0.05, 0) is 25.1 Å². The van der Waals surface area contributed by atoms with Crippen molar-refractivity contribution in [1.82, 2.24) is 9.97 Å². The number of ether oxygens (including phenoxy) is 1. The van der Waals surface area contributed by atoms with Crippen LogP contribution in [0.5, 0.6) is 11.6 Å². The largest absolute Gasteiger partial charge is 0.437 e. The summed E-state index contributed by atoms with van der Waals surface area (Å²) >= 11 is 15.2. The van der Waals surface area contributed by atoms with Gasteiger partial charge in [0.15, 0.2) is 0 Å². The number of aromatic nitrogens is 2. The van der Waals surface area contributed by atoms with Crippen LogP contribution in [0.1, 0.15) is 5.56 Å². The fraction of sp³-hybridized carbons (Fsp3) is 0.0909. The molecule has 3 nitrogen and oxygen atoms in total. The molecule has 0 atom stereocenters. The molecule has 6 heteroatoms. The Balaban J connectivity index is 2.35. The van der Waals surface area contributed by atoms with Crippen LogP contribution in [-0.4, -0.2) is 9.97 Å². The summed E-state index contributed by atoms with van der Waals surface area (Å²) in [7, 11) is 0. The Bertz CT molecular complexity index is 563. The average Bonchev–Trinajstić information content (AvgIpc) is 2.28. The van der Waals surface area contributed by atoms with Crippen molar-refractivity contribution in [2.45, 2.75) is 6.92 Å². The third-order valence-corrected chi connectivity index (χ3v) is 3.25. The average molecular weight is 334 g/mol. The van der Waals surface area contributed by atoms with Crippen molar-refractivity contribution in [1.29, 1.82) is 0 Å². The first-order valence-electron chi connectivity index (χ1n) is 4.68. The lowest BCUT2D eigenvalue weighted by Gasteiger charge is -2.09. The molecule has 17 heavy (non-hydrogen) atoms. The van der Waals surface area contributed by atoms with Crippen molar-refractivity contribution in [3.63, 3.8) is 0 Å². The minimum atomic E-state index is 0.364. The summed E-state index contributed by atoms with van der Waals surface area (Å²) in [6.07, 6.45) is 1.34. The number of benzene rings is 1. The maximum Gasteiger partial charge on any atom is 0.226 e. The van der Waals surface area contributed by atoms with E-state index in [4.69, 9.17) is 27.9 Å². The standard InChI is InChI=1S/C11H7BrCl2N2O/c1-6-10(14)15-5-16-11(6)17-9-3-2-7(12)4-8(9)13/h2-5H,1H3. The van der Waals surface area contributed by atoms with Crippen LogP contribution in [0.25, 0.3) is 0 Å². The van der Waals surface area contributed by atoms with E-state index in [2.05, 4.69) is 25.9 Å². The van der Waals surface area contributed by atoms with Crippen LogP contribution >= 0.6 is 39.1 Å². The third-order valence-electron chi connectivity index (χ3n) is 2.08. The van der Waals surface area contributed by atoms with E-state index in [1.807, 2.05) is 6.07 Å². The van der Waals surface area contributed by atoms with Gasteiger partial charge in [0.05, 0.1) is 5.02 Å². The van der Waals surface area contributed by atoms with Crippen molar-refractivity contribution in [3.8, 4) is 11.6 Å². The molecule has 0 aliphatic heterocycles. The molecule has 0 saturated carbocycles.